The van der Waals surface area contributed by atoms with Crippen LogP contribution < -0.4 is 24.8 Å². The first-order valence-corrected chi connectivity index (χ1v) is 7.76. The third-order valence-corrected chi connectivity index (χ3v) is 6.79. The maximum Gasteiger partial charge on any atom is -1.00 e. The van der Waals surface area contributed by atoms with Gasteiger partial charge in [0.25, 0.3) is 0 Å². The summed E-state index contributed by atoms with van der Waals surface area (Å²) >= 11 is 0.266. The van der Waals surface area contributed by atoms with E-state index in [1.807, 2.05) is 0 Å². The molecule has 0 saturated heterocycles. The van der Waals surface area contributed by atoms with Crippen LogP contribution in [0.25, 0.3) is 0 Å². The Morgan fingerprint density at radius 2 is 0.895 bits per heavy atom. The van der Waals surface area contributed by atoms with Crippen LogP contribution in [0.1, 0.15) is 54.4 Å². The summed E-state index contributed by atoms with van der Waals surface area (Å²) in [6.07, 6.45) is 2.49. The number of halogens is 2. The molecule has 0 unspecified atom stereocenters. The number of rotatable bonds is 2. The van der Waals surface area contributed by atoms with Gasteiger partial charge >= 0.3 is 113 Å². The summed E-state index contributed by atoms with van der Waals surface area (Å²) in [5, 5.41) is 0. The first-order valence-electron chi connectivity index (χ1n) is 6.36. The first kappa shape index (κ1) is 19.1. The van der Waals surface area contributed by atoms with Crippen LogP contribution in [-0.2, 0) is 16.3 Å². The third kappa shape index (κ3) is 3.61. The van der Waals surface area contributed by atoms with Gasteiger partial charge < -0.3 is 24.8 Å². The van der Waals surface area contributed by atoms with Crippen LogP contribution in [0.4, 0.5) is 0 Å². The fraction of sp³-hybridized carbons (Fsp3) is 0.500. The predicted molar refractivity (Wildman–Crippen MR) is 71.4 cm³/mol. The van der Waals surface area contributed by atoms with E-state index in [1.54, 1.807) is 42.0 Å². The molecule has 2 rings (SSSR count). The van der Waals surface area contributed by atoms with Crippen molar-refractivity contribution in [1.29, 1.82) is 0 Å². The maximum absolute atomic E-state index is 2.31. The molecule has 0 spiro atoms. The summed E-state index contributed by atoms with van der Waals surface area (Å²) in [5.41, 5.74) is 9.45. The molecule has 3 heteroatoms. The van der Waals surface area contributed by atoms with Gasteiger partial charge in [-0.05, 0) is 0 Å². The molecule has 0 radical (unpaired) electrons. The summed E-state index contributed by atoms with van der Waals surface area (Å²) in [4.78, 5) is 0. The molecule has 0 atom stereocenters. The zero-order valence-corrected chi connectivity index (χ0v) is 15.5. The SMILES string of the molecule is CC1=C(C)C(C)=[C]([V+2][C]2=C(C)C(C)=C(C)C2)C1.[Cl-].[Cl-]. The molecule has 2 aliphatic rings. The van der Waals surface area contributed by atoms with Crippen molar-refractivity contribution < 1.29 is 41.1 Å². The van der Waals surface area contributed by atoms with E-state index >= 15 is 0 Å². The van der Waals surface area contributed by atoms with Gasteiger partial charge in [0, 0.05) is 0 Å². The Kier molecular flexibility index (Phi) is 7.27. The molecule has 0 aliphatic heterocycles. The summed E-state index contributed by atoms with van der Waals surface area (Å²) in [6.45, 7) is 13.8. The van der Waals surface area contributed by atoms with Gasteiger partial charge in [0.2, 0.25) is 0 Å². The van der Waals surface area contributed by atoms with Gasteiger partial charge in [0.1, 0.15) is 0 Å². The largest absolute Gasteiger partial charge is 1.00 e. The molecule has 0 heterocycles. The van der Waals surface area contributed by atoms with Gasteiger partial charge in [0.15, 0.2) is 0 Å². The molecule has 0 amide bonds. The van der Waals surface area contributed by atoms with Crippen LogP contribution in [0.15, 0.2) is 42.0 Å². The topological polar surface area (TPSA) is 0 Å². The smallest absolute Gasteiger partial charge is 1.00 e. The molecule has 0 aromatic heterocycles. The van der Waals surface area contributed by atoms with Crippen molar-refractivity contribution in [1.82, 2.24) is 0 Å². The maximum atomic E-state index is 2.31. The van der Waals surface area contributed by atoms with E-state index in [1.165, 1.54) is 12.8 Å². The van der Waals surface area contributed by atoms with Gasteiger partial charge in [-0.2, -0.15) is 0 Å². The molecule has 0 N–H and O–H groups in total. The minimum absolute atomic E-state index is 0. The van der Waals surface area contributed by atoms with Gasteiger partial charge in [-0.1, -0.05) is 0 Å². The average molecular weight is 336 g/mol. The van der Waals surface area contributed by atoms with Crippen LogP contribution in [0, 0.1) is 0 Å². The normalized spacial score (nSPS) is 18.8. The first-order chi connectivity index (χ1) is 7.91. The van der Waals surface area contributed by atoms with Crippen LogP contribution >= 0.6 is 0 Å². The van der Waals surface area contributed by atoms with Gasteiger partial charge in [0.05, 0.1) is 0 Å². The molecule has 19 heavy (non-hydrogen) atoms. The van der Waals surface area contributed by atoms with Crippen molar-refractivity contribution in [3.05, 3.63) is 42.0 Å². The Bertz CT molecular complexity index is 459. The van der Waals surface area contributed by atoms with Crippen molar-refractivity contribution in [3.63, 3.8) is 0 Å². The second kappa shape index (κ2) is 7.22. The van der Waals surface area contributed by atoms with Crippen molar-refractivity contribution in [2.45, 2.75) is 54.4 Å². The fourth-order valence-corrected chi connectivity index (χ4v) is 5.06. The van der Waals surface area contributed by atoms with Crippen molar-refractivity contribution in [2.75, 3.05) is 0 Å². The number of allylic oxidation sites excluding steroid dienone is 8. The molecular weight excluding hydrogens is 314 g/mol. The van der Waals surface area contributed by atoms with Crippen LogP contribution in [0.3, 0.4) is 0 Å². The standard InChI is InChI=1S/2C8H11.2ClH.V/c2*1-6-4-5-7(2)8(6)3;;;/h2*4H2,1-3H3;2*1H;/q;;;;+2/p-2. The Hall–Kier alpha value is 0.124. The Balaban J connectivity index is 0.00000162. The average Bonchev–Trinajstić information content (AvgIpc) is 2.66. The molecular formula is C16H22Cl2V. The van der Waals surface area contributed by atoms with Gasteiger partial charge in [-0.15, -0.1) is 0 Å². The minimum Gasteiger partial charge on any atom is -1.00 e. The monoisotopic (exact) mass is 335 g/mol. The molecule has 0 fully saturated rings. The number of hydrogen-bond acceptors (Lipinski definition) is 0. The Labute approximate surface area is 137 Å². The molecule has 105 valence electrons. The number of hydrogen-bond donors (Lipinski definition) is 0. The summed E-state index contributed by atoms with van der Waals surface area (Å²) in [6, 6.07) is 0. The zero-order valence-electron chi connectivity index (χ0n) is 12.6. The quantitative estimate of drug-likeness (QED) is 0.614. The second-order valence-corrected chi connectivity index (χ2v) is 7.45. The molecule has 0 bridgehead atoms. The summed E-state index contributed by atoms with van der Waals surface area (Å²) in [5.74, 6) is 0. The van der Waals surface area contributed by atoms with Crippen LogP contribution in [0.2, 0.25) is 0 Å². The van der Waals surface area contributed by atoms with Gasteiger partial charge in [-0.3, -0.25) is 0 Å². The van der Waals surface area contributed by atoms with E-state index in [-0.39, 0.29) is 41.1 Å². The fourth-order valence-electron chi connectivity index (χ4n) is 2.52. The van der Waals surface area contributed by atoms with Crippen LogP contribution in [0.5, 0.6) is 0 Å². The van der Waals surface area contributed by atoms with Crippen molar-refractivity contribution in [2.24, 2.45) is 0 Å². The van der Waals surface area contributed by atoms with E-state index < -0.39 is 0 Å². The van der Waals surface area contributed by atoms with Crippen molar-refractivity contribution in [3.8, 4) is 0 Å². The van der Waals surface area contributed by atoms with E-state index in [2.05, 4.69) is 41.5 Å². The molecule has 0 aromatic rings. The molecule has 0 saturated carbocycles. The van der Waals surface area contributed by atoms with E-state index in [4.69, 9.17) is 0 Å². The molecule has 0 aromatic carbocycles. The zero-order chi connectivity index (χ0) is 12.7. The van der Waals surface area contributed by atoms with Crippen molar-refractivity contribution >= 4 is 0 Å². The van der Waals surface area contributed by atoms with Crippen LogP contribution in [-0.4, -0.2) is 0 Å². The third-order valence-electron chi connectivity index (χ3n) is 4.41. The van der Waals surface area contributed by atoms with E-state index in [9.17, 15) is 0 Å². The second-order valence-electron chi connectivity index (χ2n) is 5.42. The minimum atomic E-state index is 0. The van der Waals surface area contributed by atoms with E-state index in [0.29, 0.717) is 0 Å². The Morgan fingerprint density at radius 3 is 1.11 bits per heavy atom. The summed E-state index contributed by atoms with van der Waals surface area (Å²) in [7, 11) is 0. The molecule has 2 aliphatic carbocycles. The predicted octanol–water partition coefficient (Wildman–Crippen LogP) is -0.895. The molecule has 0 nitrogen and oxygen atoms in total. The van der Waals surface area contributed by atoms with E-state index in [0.717, 1.165) is 0 Å². The van der Waals surface area contributed by atoms with Gasteiger partial charge in [-0.25, -0.2) is 0 Å². The Morgan fingerprint density at radius 1 is 0.579 bits per heavy atom. The summed E-state index contributed by atoms with van der Waals surface area (Å²) < 4.78 is 3.49.